The van der Waals surface area contributed by atoms with Gasteiger partial charge < -0.3 is 24.4 Å². The van der Waals surface area contributed by atoms with Crippen molar-refractivity contribution in [3.8, 4) is 11.1 Å². The number of carbonyl (C=O) groups excluding carboxylic acids is 1. The van der Waals surface area contributed by atoms with Crippen LogP contribution >= 0.6 is 0 Å². The number of hydrogen-bond acceptors (Lipinski definition) is 6. The van der Waals surface area contributed by atoms with Crippen molar-refractivity contribution in [1.29, 1.82) is 0 Å². The van der Waals surface area contributed by atoms with E-state index in [1.165, 1.54) is 4.90 Å². The third kappa shape index (κ3) is 7.03. The average molecular weight is 566 g/mol. The lowest BCUT2D eigenvalue weighted by Gasteiger charge is -2.41. The zero-order valence-corrected chi connectivity index (χ0v) is 26.3. The van der Waals surface area contributed by atoms with Gasteiger partial charge in [0.1, 0.15) is 0 Å². The van der Waals surface area contributed by atoms with Crippen LogP contribution in [0.25, 0.3) is 11.1 Å². The highest BCUT2D eigenvalue weighted by Gasteiger charge is 2.38. The van der Waals surface area contributed by atoms with E-state index < -0.39 is 23.8 Å². The number of aryl methyl sites for hydroxylation is 2. The lowest BCUT2D eigenvalue weighted by atomic mass is 9.81. The first-order valence-electron chi connectivity index (χ1n) is 14.8. The van der Waals surface area contributed by atoms with E-state index in [-0.39, 0.29) is 11.5 Å². The second-order valence-corrected chi connectivity index (χ2v) is 13.6. The SMILES string of the molecule is Cc1nc(C)c([C@H](OC(C)(C)C)C(=O)OC(C)C)c(N2CCC(C)(C)CC2)c1-c1ccc2c(c1)CCN(C(=O)O)C2. The Morgan fingerprint density at radius 3 is 2.27 bits per heavy atom. The summed E-state index contributed by atoms with van der Waals surface area (Å²) in [5.41, 5.74) is 7.24. The smallest absolute Gasteiger partial charge is 0.407 e. The first-order valence-corrected chi connectivity index (χ1v) is 14.8. The molecule has 0 saturated carbocycles. The molecule has 2 aromatic rings. The molecule has 224 valence electrons. The van der Waals surface area contributed by atoms with Gasteiger partial charge in [-0.15, -0.1) is 0 Å². The Kier molecular flexibility index (Phi) is 8.74. The Balaban J connectivity index is 1.93. The maximum absolute atomic E-state index is 13.7. The molecule has 0 spiro atoms. The van der Waals surface area contributed by atoms with E-state index in [9.17, 15) is 14.7 Å². The monoisotopic (exact) mass is 565 g/mol. The molecule has 1 aromatic carbocycles. The maximum Gasteiger partial charge on any atom is 0.407 e. The summed E-state index contributed by atoms with van der Waals surface area (Å²) in [5, 5.41) is 9.50. The van der Waals surface area contributed by atoms with Gasteiger partial charge in [0, 0.05) is 48.7 Å². The van der Waals surface area contributed by atoms with Gasteiger partial charge in [-0.3, -0.25) is 4.98 Å². The van der Waals surface area contributed by atoms with Gasteiger partial charge in [0.25, 0.3) is 0 Å². The summed E-state index contributed by atoms with van der Waals surface area (Å²) < 4.78 is 12.3. The minimum absolute atomic E-state index is 0.244. The fourth-order valence-electron chi connectivity index (χ4n) is 5.91. The fraction of sp³-hybridized carbons (Fsp3) is 0.606. The number of aromatic nitrogens is 1. The molecule has 4 rings (SSSR count). The molecule has 2 aliphatic heterocycles. The topological polar surface area (TPSA) is 92.2 Å². The Morgan fingerprint density at radius 1 is 1.02 bits per heavy atom. The number of fused-ring (bicyclic) bond motifs is 1. The highest BCUT2D eigenvalue weighted by atomic mass is 16.6. The number of pyridine rings is 1. The molecule has 0 radical (unpaired) electrons. The standard InChI is InChI=1S/C33H47N3O5/c1-20(2)40-30(37)29(41-32(5,6)7)27-22(4)34-21(3)26(28(27)35-16-13-33(8,9)14-17-35)24-10-11-25-19-36(31(38)39)15-12-23(25)18-24/h10-11,18,20,29H,12-17,19H2,1-9H3,(H,38,39)/t29-/m0/s1. The van der Waals surface area contributed by atoms with Crippen molar-refractivity contribution in [2.45, 2.75) is 106 Å². The quantitative estimate of drug-likeness (QED) is 0.384. The number of amides is 1. The molecule has 8 heteroatoms. The summed E-state index contributed by atoms with van der Waals surface area (Å²) >= 11 is 0. The predicted octanol–water partition coefficient (Wildman–Crippen LogP) is 6.84. The molecule has 1 amide bonds. The largest absolute Gasteiger partial charge is 0.465 e. The van der Waals surface area contributed by atoms with E-state index in [4.69, 9.17) is 14.5 Å². The fourth-order valence-corrected chi connectivity index (χ4v) is 5.91. The first-order chi connectivity index (χ1) is 19.1. The second kappa shape index (κ2) is 11.6. The van der Waals surface area contributed by atoms with Gasteiger partial charge in [-0.05, 0) is 89.8 Å². The summed E-state index contributed by atoms with van der Waals surface area (Å²) in [4.78, 5) is 34.1. The first kappa shape index (κ1) is 30.8. The van der Waals surface area contributed by atoms with Crippen molar-refractivity contribution in [3.05, 3.63) is 46.3 Å². The molecular weight excluding hydrogens is 518 g/mol. The van der Waals surface area contributed by atoms with Gasteiger partial charge >= 0.3 is 12.1 Å². The van der Waals surface area contributed by atoms with E-state index in [2.05, 4.69) is 30.9 Å². The highest BCUT2D eigenvalue weighted by Crippen LogP contribution is 2.45. The van der Waals surface area contributed by atoms with Crippen LogP contribution in [0.3, 0.4) is 0 Å². The van der Waals surface area contributed by atoms with E-state index in [0.29, 0.717) is 19.5 Å². The minimum Gasteiger partial charge on any atom is -0.465 e. The van der Waals surface area contributed by atoms with Gasteiger partial charge in [0.05, 0.1) is 17.4 Å². The summed E-state index contributed by atoms with van der Waals surface area (Å²) in [5.74, 6) is -0.410. The predicted molar refractivity (Wildman–Crippen MR) is 161 cm³/mol. The molecule has 1 atom stereocenters. The minimum atomic E-state index is -0.934. The van der Waals surface area contributed by atoms with Crippen LogP contribution < -0.4 is 4.90 Å². The van der Waals surface area contributed by atoms with Gasteiger partial charge in [-0.1, -0.05) is 32.0 Å². The maximum atomic E-state index is 13.7. The normalized spacial score (nSPS) is 17.8. The number of ether oxygens (including phenoxy) is 2. The van der Waals surface area contributed by atoms with Crippen molar-refractivity contribution in [1.82, 2.24) is 9.88 Å². The average Bonchev–Trinajstić information content (AvgIpc) is 2.85. The van der Waals surface area contributed by atoms with Crippen LogP contribution in [0.5, 0.6) is 0 Å². The molecule has 8 nitrogen and oxygen atoms in total. The highest BCUT2D eigenvalue weighted by molar-refractivity contribution is 5.88. The number of rotatable bonds is 6. The summed E-state index contributed by atoms with van der Waals surface area (Å²) in [6.45, 7) is 20.7. The number of nitrogens with zero attached hydrogens (tertiary/aromatic N) is 3. The number of anilines is 1. The Morgan fingerprint density at radius 2 is 1.68 bits per heavy atom. The Hall–Kier alpha value is -3.13. The lowest BCUT2D eigenvalue weighted by Crippen LogP contribution is -2.39. The zero-order valence-electron chi connectivity index (χ0n) is 26.3. The van der Waals surface area contributed by atoms with Crippen LogP contribution in [-0.2, 0) is 27.2 Å². The van der Waals surface area contributed by atoms with Gasteiger partial charge in [-0.2, -0.15) is 0 Å². The number of benzene rings is 1. The third-order valence-electron chi connectivity index (χ3n) is 8.09. The molecule has 3 heterocycles. The van der Waals surface area contributed by atoms with Crippen LogP contribution in [0, 0.1) is 19.3 Å². The Bertz CT molecular complexity index is 1300. The molecule has 1 saturated heterocycles. The van der Waals surface area contributed by atoms with E-state index in [1.807, 2.05) is 54.5 Å². The van der Waals surface area contributed by atoms with Gasteiger partial charge in [0.2, 0.25) is 0 Å². The van der Waals surface area contributed by atoms with Crippen LogP contribution in [0.2, 0.25) is 0 Å². The van der Waals surface area contributed by atoms with Crippen molar-refractivity contribution < 1.29 is 24.2 Å². The van der Waals surface area contributed by atoms with E-state index >= 15 is 0 Å². The second-order valence-electron chi connectivity index (χ2n) is 13.6. The molecule has 0 unspecified atom stereocenters. The van der Waals surface area contributed by atoms with Crippen LogP contribution in [0.1, 0.15) is 95.5 Å². The van der Waals surface area contributed by atoms with Crippen molar-refractivity contribution in [2.24, 2.45) is 5.41 Å². The van der Waals surface area contributed by atoms with E-state index in [0.717, 1.165) is 70.8 Å². The number of carbonyl (C=O) groups is 2. The molecule has 0 bridgehead atoms. The molecule has 1 fully saturated rings. The molecule has 2 aliphatic rings. The number of esters is 1. The Labute approximate surface area is 245 Å². The van der Waals surface area contributed by atoms with Crippen LogP contribution in [-0.4, -0.2) is 58.4 Å². The van der Waals surface area contributed by atoms with Crippen molar-refractivity contribution in [3.63, 3.8) is 0 Å². The molecule has 1 aromatic heterocycles. The molecule has 41 heavy (non-hydrogen) atoms. The molecule has 1 N–H and O–H groups in total. The summed E-state index contributed by atoms with van der Waals surface area (Å²) in [7, 11) is 0. The van der Waals surface area contributed by atoms with Crippen LogP contribution in [0.4, 0.5) is 10.5 Å². The summed E-state index contributed by atoms with van der Waals surface area (Å²) in [6, 6.07) is 6.29. The molecule has 0 aliphatic carbocycles. The van der Waals surface area contributed by atoms with E-state index in [1.54, 1.807) is 0 Å². The lowest BCUT2D eigenvalue weighted by molar-refractivity contribution is -0.171. The zero-order chi connectivity index (χ0) is 30.3. The van der Waals surface area contributed by atoms with Crippen molar-refractivity contribution in [2.75, 3.05) is 24.5 Å². The molecular formula is C33H47N3O5. The third-order valence-corrected chi connectivity index (χ3v) is 8.09. The van der Waals surface area contributed by atoms with Gasteiger partial charge in [-0.25, -0.2) is 9.59 Å². The number of hydrogen-bond donors (Lipinski definition) is 1. The number of piperidine rings is 1. The number of carboxylic acid groups (broad SMARTS) is 1. The van der Waals surface area contributed by atoms with Gasteiger partial charge in [0.15, 0.2) is 6.10 Å². The summed E-state index contributed by atoms with van der Waals surface area (Å²) in [6.07, 6.45) is 0.611. The van der Waals surface area contributed by atoms with Crippen molar-refractivity contribution >= 4 is 17.7 Å². The van der Waals surface area contributed by atoms with Crippen LogP contribution in [0.15, 0.2) is 18.2 Å².